The predicted octanol–water partition coefficient (Wildman–Crippen LogP) is 1.95. The van der Waals surface area contributed by atoms with Gasteiger partial charge in [0.05, 0.1) is 19.3 Å². The van der Waals surface area contributed by atoms with Crippen LogP contribution in [-0.4, -0.2) is 47.0 Å². The average molecular weight is 279 g/mol. The molecule has 5 nitrogen and oxygen atoms in total. The van der Waals surface area contributed by atoms with Crippen molar-refractivity contribution in [3.8, 4) is 0 Å². The first-order valence-corrected chi connectivity index (χ1v) is 6.92. The molecule has 0 saturated carbocycles. The molecule has 0 bridgehead atoms. The van der Waals surface area contributed by atoms with Crippen LogP contribution in [0.4, 0.5) is 4.79 Å². The molecule has 1 amide bonds. The summed E-state index contributed by atoms with van der Waals surface area (Å²) in [6.07, 6.45) is 0.513. The number of nitrogens with zero attached hydrogens (tertiary/aromatic N) is 1. The van der Waals surface area contributed by atoms with Gasteiger partial charge in [0.1, 0.15) is 0 Å². The Morgan fingerprint density at radius 2 is 2.10 bits per heavy atom. The Labute approximate surface area is 118 Å². The molecule has 20 heavy (non-hydrogen) atoms. The molecule has 1 aromatic carbocycles. The van der Waals surface area contributed by atoms with Gasteiger partial charge in [0, 0.05) is 13.2 Å². The maximum absolute atomic E-state index is 11.2. The molecule has 1 heterocycles. The highest BCUT2D eigenvalue weighted by atomic mass is 16.5. The lowest BCUT2D eigenvalue weighted by Gasteiger charge is -2.21. The zero-order valence-corrected chi connectivity index (χ0v) is 11.4. The summed E-state index contributed by atoms with van der Waals surface area (Å²) in [5.41, 5.74) is 1.08. The summed E-state index contributed by atoms with van der Waals surface area (Å²) >= 11 is 0. The molecule has 1 aliphatic heterocycles. The lowest BCUT2D eigenvalue weighted by molar-refractivity contribution is 0.0643. The van der Waals surface area contributed by atoms with E-state index in [-0.39, 0.29) is 18.6 Å². The van der Waals surface area contributed by atoms with E-state index in [1.54, 1.807) is 0 Å². The molecule has 1 aromatic rings. The zero-order chi connectivity index (χ0) is 14.4. The maximum Gasteiger partial charge on any atom is 0.407 e. The van der Waals surface area contributed by atoms with Gasteiger partial charge in [0.25, 0.3) is 0 Å². The van der Waals surface area contributed by atoms with Crippen molar-refractivity contribution in [1.82, 2.24) is 4.90 Å². The second kappa shape index (κ2) is 7.26. The minimum absolute atomic E-state index is 0.104. The lowest BCUT2D eigenvalue weighted by Crippen LogP contribution is -2.37. The van der Waals surface area contributed by atoms with Gasteiger partial charge in [-0.15, -0.1) is 0 Å². The summed E-state index contributed by atoms with van der Waals surface area (Å²) in [6, 6.07) is 9.72. The molecule has 1 fully saturated rings. The largest absolute Gasteiger partial charge is 0.465 e. The van der Waals surface area contributed by atoms with Crippen molar-refractivity contribution in [3.05, 3.63) is 35.9 Å². The van der Waals surface area contributed by atoms with Crippen molar-refractivity contribution in [1.29, 1.82) is 0 Å². The molecule has 0 aliphatic carbocycles. The molecule has 110 valence electrons. The monoisotopic (exact) mass is 279 g/mol. The summed E-state index contributed by atoms with van der Waals surface area (Å²) < 4.78 is 5.64. The number of carboxylic acid groups (broad SMARTS) is 1. The van der Waals surface area contributed by atoms with Crippen LogP contribution in [0, 0.1) is 5.92 Å². The van der Waals surface area contributed by atoms with Crippen molar-refractivity contribution in [2.45, 2.75) is 25.5 Å². The normalized spacial score (nSPS) is 22.1. The van der Waals surface area contributed by atoms with Crippen LogP contribution < -0.4 is 0 Å². The summed E-state index contributed by atoms with van der Waals surface area (Å²) in [5, 5.41) is 18.2. The van der Waals surface area contributed by atoms with E-state index in [0.717, 1.165) is 12.0 Å². The van der Waals surface area contributed by atoms with E-state index in [9.17, 15) is 9.90 Å². The van der Waals surface area contributed by atoms with Gasteiger partial charge in [-0.25, -0.2) is 4.79 Å². The first-order valence-electron chi connectivity index (χ1n) is 6.92. The molecule has 1 unspecified atom stereocenters. The van der Waals surface area contributed by atoms with E-state index in [0.29, 0.717) is 26.2 Å². The van der Waals surface area contributed by atoms with Crippen LogP contribution in [-0.2, 0) is 11.3 Å². The Bertz CT molecular complexity index is 423. The number of benzene rings is 1. The fourth-order valence-electron chi connectivity index (χ4n) is 2.68. The molecular weight excluding hydrogens is 258 g/mol. The Morgan fingerprint density at radius 1 is 1.35 bits per heavy atom. The summed E-state index contributed by atoms with van der Waals surface area (Å²) in [7, 11) is 0. The third-order valence-corrected chi connectivity index (χ3v) is 3.71. The molecule has 0 radical (unpaired) electrons. The maximum atomic E-state index is 11.2. The third-order valence-electron chi connectivity index (χ3n) is 3.71. The van der Waals surface area contributed by atoms with Crippen molar-refractivity contribution >= 4 is 6.09 Å². The van der Waals surface area contributed by atoms with Crippen molar-refractivity contribution in [2.75, 3.05) is 19.8 Å². The van der Waals surface area contributed by atoms with Crippen molar-refractivity contribution in [3.63, 3.8) is 0 Å². The van der Waals surface area contributed by atoms with E-state index in [4.69, 9.17) is 9.84 Å². The highest BCUT2D eigenvalue weighted by Crippen LogP contribution is 2.26. The zero-order valence-electron chi connectivity index (χ0n) is 11.4. The molecule has 0 aromatic heterocycles. The van der Waals surface area contributed by atoms with Gasteiger partial charge in [-0.2, -0.15) is 0 Å². The van der Waals surface area contributed by atoms with E-state index in [1.165, 1.54) is 4.90 Å². The number of hydrogen-bond donors (Lipinski definition) is 2. The molecule has 2 rings (SSSR count). The first-order chi connectivity index (χ1) is 9.70. The first kappa shape index (κ1) is 14.8. The Balaban J connectivity index is 1.82. The van der Waals surface area contributed by atoms with Gasteiger partial charge in [0.15, 0.2) is 0 Å². The molecule has 5 heteroatoms. The van der Waals surface area contributed by atoms with Crippen LogP contribution in [0.2, 0.25) is 0 Å². The van der Waals surface area contributed by atoms with E-state index in [1.807, 2.05) is 30.3 Å². The smallest absolute Gasteiger partial charge is 0.407 e. The number of amides is 1. The summed E-state index contributed by atoms with van der Waals surface area (Å²) in [5.74, 6) is 0.237. The quantitative estimate of drug-likeness (QED) is 0.835. The van der Waals surface area contributed by atoms with Crippen LogP contribution in [0.1, 0.15) is 18.4 Å². The minimum atomic E-state index is -0.904. The van der Waals surface area contributed by atoms with Gasteiger partial charge in [-0.1, -0.05) is 30.3 Å². The van der Waals surface area contributed by atoms with Crippen molar-refractivity contribution in [2.24, 2.45) is 5.92 Å². The lowest BCUT2D eigenvalue weighted by atomic mass is 10.0. The third kappa shape index (κ3) is 3.95. The highest BCUT2D eigenvalue weighted by Gasteiger charge is 2.34. The molecular formula is C15H21NO4. The SMILES string of the molecule is O=C(O)N1CC(CCO)C[C@H]1COCc1ccccc1. The number of likely N-dealkylation sites (tertiary alicyclic amines) is 1. The number of rotatable bonds is 6. The number of aliphatic hydroxyl groups is 1. The van der Waals surface area contributed by atoms with Crippen LogP contribution in [0.5, 0.6) is 0 Å². The Kier molecular flexibility index (Phi) is 5.38. The van der Waals surface area contributed by atoms with E-state index < -0.39 is 6.09 Å². The number of aliphatic hydroxyl groups excluding tert-OH is 1. The van der Waals surface area contributed by atoms with E-state index >= 15 is 0 Å². The minimum Gasteiger partial charge on any atom is -0.465 e. The van der Waals surface area contributed by atoms with Gasteiger partial charge in [0.2, 0.25) is 0 Å². The van der Waals surface area contributed by atoms with Crippen LogP contribution in [0.15, 0.2) is 30.3 Å². The summed E-state index contributed by atoms with van der Waals surface area (Å²) in [6.45, 7) is 1.50. The standard InChI is InChI=1S/C15H21NO4/c17-7-6-13-8-14(16(9-13)15(18)19)11-20-10-12-4-2-1-3-5-12/h1-5,13-14,17H,6-11H2,(H,18,19)/t13?,14-/m0/s1. The molecule has 0 spiro atoms. The Morgan fingerprint density at radius 3 is 2.75 bits per heavy atom. The number of carbonyl (C=O) groups is 1. The van der Waals surface area contributed by atoms with Gasteiger partial charge in [-0.3, -0.25) is 0 Å². The molecule has 2 N–H and O–H groups in total. The fraction of sp³-hybridized carbons (Fsp3) is 0.533. The van der Waals surface area contributed by atoms with Crippen LogP contribution >= 0.6 is 0 Å². The molecule has 2 atom stereocenters. The number of hydrogen-bond acceptors (Lipinski definition) is 3. The average Bonchev–Trinajstić information content (AvgIpc) is 2.84. The van der Waals surface area contributed by atoms with E-state index in [2.05, 4.69) is 0 Å². The van der Waals surface area contributed by atoms with Gasteiger partial charge < -0.3 is 19.8 Å². The summed E-state index contributed by atoms with van der Waals surface area (Å²) in [4.78, 5) is 12.6. The fourth-order valence-corrected chi connectivity index (χ4v) is 2.68. The van der Waals surface area contributed by atoms with Gasteiger partial charge >= 0.3 is 6.09 Å². The topological polar surface area (TPSA) is 70.0 Å². The second-order valence-electron chi connectivity index (χ2n) is 5.20. The van der Waals surface area contributed by atoms with Crippen LogP contribution in [0.25, 0.3) is 0 Å². The second-order valence-corrected chi connectivity index (χ2v) is 5.20. The molecule has 1 saturated heterocycles. The highest BCUT2D eigenvalue weighted by molar-refractivity contribution is 5.65. The Hall–Kier alpha value is -1.59. The van der Waals surface area contributed by atoms with Crippen molar-refractivity contribution < 1.29 is 19.7 Å². The van der Waals surface area contributed by atoms with Crippen LogP contribution in [0.3, 0.4) is 0 Å². The van der Waals surface area contributed by atoms with Gasteiger partial charge in [-0.05, 0) is 24.3 Å². The number of ether oxygens (including phenoxy) is 1. The predicted molar refractivity (Wildman–Crippen MR) is 74.4 cm³/mol. The molecule has 1 aliphatic rings.